The highest BCUT2D eigenvalue weighted by molar-refractivity contribution is 5.93. The van der Waals surface area contributed by atoms with Gasteiger partial charge in [0.2, 0.25) is 17.7 Å². The van der Waals surface area contributed by atoms with E-state index < -0.39 is 47.9 Å². The highest BCUT2D eigenvalue weighted by atomic mass is 16.4. The molecule has 166 valence electrons. The topological polar surface area (TPSA) is 151 Å². The Labute approximate surface area is 176 Å². The third-order valence-electron chi connectivity index (χ3n) is 4.46. The molecule has 0 saturated carbocycles. The summed E-state index contributed by atoms with van der Waals surface area (Å²) in [6.07, 6.45) is 0.643. The van der Waals surface area contributed by atoms with Crippen LogP contribution in [0.4, 0.5) is 0 Å². The van der Waals surface area contributed by atoms with E-state index in [9.17, 15) is 19.2 Å². The maximum atomic E-state index is 12.6. The Bertz CT molecular complexity index is 738. The van der Waals surface area contributed by atoms with Crippen molar-refractivity contribution in [2.75, 3.05) is 0 Å². The predicted octanol–water partition coefficient (Wildman–Crippen LogP) is 0.181. The summed E-state index contributed by atoms with van der Waals surface area (Å²) in [7, 11) is 0. The van der Waals surface area contributed by atoms with Gasteiger partial charge in [-0.1, -0.05) is 44.2 Å². The van der Waals surface area contributed by atoms with Gasteiger partial charge in [-0.2, -0.15) is 0 Å². The van der Waals surface area contributed by atoms with E-state index in [0.29, 0.717) is 6.42 Å². The summed E-state index contributed by atoms with van der Waals surface area (Å²) in [4.78, 5) is 48.4. The van der Waals surface area contributed by atoms with Crippen LogP contribution in [0.1, 0.15) is 39.7 Å². The highest BCUT2D eigenvalue weighted by Crippen LogP contribution is 2.06. The molecule has 0 aliphatic carbocycles. The van der Waals surface area contributed by atoms with E-state index in [0.717, 1.165) is 5.56 Å². The van der Waals surface area contributed by atoms with Gasteiger partial charge in [-0.05, 0) is 31.7 Å². The molecule has 6 N–H and O–H groups in total. The van der Waals surface area contributed by atoms with Gasteiger partial charge < -0.3 is 26.8 Å². The summed E-state index contributed by atoms with van der Waals surface area (Å²) in [6, 6.07) is 5.23. The number of nitrogens with one attached hydrogen (secondary N) is 3. The number of carboxylic acid groups (broad SMARTS) is 1. The molecule has 3 amide bonds. The van der Waals surface area contributed by atoms with E-state index in [1.807, 2.05) is 19.9 Å². The normalized spacial score (nSPS) is 14.9. The van der Waals surface area contributed by atoms with Gasteiger partial charge >= 0.3 is 5.97 Å². The van der Waals surface area contributed by atoms with Crippen LogP contribution in [0.3, 0.4) is 0 Å². The average molecular weight is 421 g/mol. The smallest absolute Gasteiger partial charge is 0.325 e. The second-order valence-electron chi connectivity index (χ2n) is 7.79. The van der Waals surface area contributed by atoms with Crippen LogP contribution in [0, 0.1) is 5.92 Å². The molecule has 0 aliphatic heterocycles. The van der Waals surface area contributed by atoms with Crippen LogP contribution in [0.2, 0.25) is 0 Å². The molecule has 4 unspecified atom stereocenters. The molecule has 0 aliphatic rings. The number of carbonyl (C=O) groups is 4. The molecule has 0 aromatic heterocycles. The van der Waals surface area contributed by atoms with E-state index in [1.165, 1.54) is 13.8 Å². The summed E-state index contributed by atoms with van der Waals surface area (Å²) in [5, 5.41) is 16.5. The number of aliphatic carboxylic acids is 1. The lowest BCUT2D eigenvalue weighted by molar-refractivity contribution is -0.141. The standard InChI is InChI=1S/C21H32N4O5/c1-12(2)10-16(22)19(27)23-13(3)18(26)25-17(11-15-8-6-5-7-9-15)20(28)24-14(4)21(29)30/h5-9,12-14,16-17H,10-11,22H2,1-4H3,(H,23,27)(H,24,28)(H,25,26)(H,29,30). The monoisotopic (exact) mass is 420 g/mol. The zero-order valence-corrected chi connectivity index (χ0v) is 17.8. The first-order valence-corrected chi connectivity index (χ1v) is 9.94. The number of carboxylic acids is 1. The minimum Gasteiger partial charge on any atom is -0.480 e. The molecular weight excluding hydrogens is 388 g/mol. The second-order valence-corrected chi connectivity index (χ2v) is 7.79. The summed E-state index contributed by atoms with van der Waals surface area (Å²) in [6.45, 7) is 6.70. The number of nitrogens with two attached hydrogens (primary N) is 1. The zero-order chi connectivity index (χ0) is 22.8. The van der Waals surface area contributed by atoms with Crippen molar-refractivity contribution in [2.45, 2.75) is 64.7 Å². The molecule has 1 rings (SSSR count). The fourth-order valence-electron chi connectivity index (χ4n) is 2.73. The van der Waals surface area contributed by atoms with E-state index in [4.69, 9.17) is 10.8 Å². The third kappa shape index (κ3) is 8.60. The third-order valence-corrected chi connectivity index (χ3v) is 4.46. The maximum Gasteiger partial charge on any atom is 0.325 e. The molecule has 0 saturated heterocycles. The van der Waals surface area contributed by atoms with E-state index in [1.54, 1.807) is 24.3 Å². The molecule has 0 radical (unpaired) electrons. The first-order valence-electron chi connectivity index (χ1n) is 9.94. The van der Waals surface area contributed by atoms with Gasteiger partial charge in [0.1, 0.15) is 18.1 Å². The Kier molecular flexibility index (Phi) is 9.97. The lowest BCUT2D eigenvalue weighted by Crippen LogP contribution is -2.56. The Morgan fingerprint density at radius 2 is 1.43 bits per heavy atom. The molecule has 0 fully saturated rings. The Balaban J connectivity index is 2.83. The SMILES string of the molecule is CC(C)CC(N)C(=O)NC(C)C(=O)NC(Cc1ccccc1)C(=O)NC(C)C(=O)O. The first kappa shape index (κ1) is 25.1. The quantitative estimate of drug-likeness (QED) is 0.345. The first-order chi connectivity index (χ1) is 14.0. The number of hydrogen-bond donors (Lipinski definition) is 5. The van der Waals surface area contributed by atoms with Gasteiger partial charge in [0, 0.05) is 6.42 Å². The molecule has 1 aromatic carbocycles. The van der Waals surface area contributed by atoms with Crippen LogP contribution in [-0.4, -0.2) is 53.0 Å². The lowest BCUT2D eigenvalue weighted by Gasteiger charge is -2.23. The van der Waals surface area contributed by atoms with E-state index >= 15 is 0 Å². The summed E-state index contributed by atoms with van der Waals surface area (Å²) in [5.74, 6) is -2.61. The molecule has 0 bridgehead atoms. The molecular formula is C21H32N4O5. The van der Waals surface area contributed by atoms with E-state index in [2.05, 4.69) is 16.0 Å². The Morgan fingerprint density at radius 1 is 0.867 bits per heavy atom. The van der Waals surface area contributed by atoms with Crippen molar-refractivity contribution < 1.29 is 24.3 Å². The molecule has 0 spiro atoms. The zero-order valence-electron chi connectivity index (χ0n) is 17.8. The van der Waals surface area contributed by atoms with Gasteiger partial charge in [-0.15, -0.1) is 0 Å². The van der Waals surface area contributed by atoms with Crippen LogP contribution < -0.4 is 21.7 Å². The highest BCUT2D eigenvalue weighted by Gasteiger charge is 2.27. The van der Waals surface area contributed by atoms with Crippen molar-refractivity contribution >= 4 is 23.7 Å². The van der Waals surface area contributed by atoms with Crippen LogP contribution in [0.25, 0.3) is 0 Å². The minimum atomic E-state index is -1.19. The average Bonchev–Trinajstić information content (AvgIpc) is 2.67. The van der Waals surface area contributed by atoms with Gasteiger partial charge in [-0.25, -0.2) is 0 Å². The molecule has 9 nitrogen and oxygen atoms in total. The van der Waals surface area contributed by atoms with Crippen molar-refractivity contribution in [1.29, 1.82) is 0 Å². The van der Waals surface area contributed by atoms with Crippen molar-refractivity contribution in [1.82, 2.24) is 16.0 Å². The molecule has 0 heterocycles. The number of rotatable bonds is 11. The van der Waals surface area contributed by atoms with Crippen molar-refractivity contribution in [3.63, 3.8) is 0 Å². The van der Waals surface area contributed by atoms with Crippen molar-refractivity contribution in [3.8, 4) is 0 Å². The van der Waals surface area contributed by atoms with Crippen LogP contribution in [-0.2, 0) is 25.6 Å². The molecule has 1 aromatic rings. The number of amides is 3. The van der Waals surface area contributed by atoms with Crippen LogP contribution in [0.15, 0.2) is 30.3 Å². The van der Waals surface area contributed by atoms with Crippen molar-refractivity contribution in [3.05, 3.63) is 35.9 Å². The minimum absolute atomic E-state index is 0.165. The summed E-state index contributed by atoms with van der Waals surface area (Å²) in [5.41, 5.74) is 6.63. The van der Waals surface area contributed by atoms with Gasteiger partial charge in [0.05, 0.1) is 6.04 Å². The lowest BCUT2D eigenvalue weighted by atomic mass is 10.0. The van der Waals surface area contributed by atoms with Gasteiger partial charge in [0.15, 0.2) is 0 Å². The number of benzene rings is 1. The fraction of sp³-hybridized carbons (Fsp3) is 0.524. The Morgan fingerprint density at radius 3 is 1.97 bits per heavy atom. The molecule has 9 heteroatoms. The van der Waals surface area contributed by atoms with E-state index in [-0.39, 0.29) is 12.3 Å². The van der Waals surface area contributed by atoms with Crippen LogP contribution in [0.5, 0.6) is 0 Å². The number of hydrogen-bond acceptors (Lipinski definition) is 5. The number of carbonyl (C=O) groups excluding carboxylic acids is 3. The second kappa shape index (κ2) is 11.9. The summed E-state index contributed by atoms with van der Waals surface area (Å²) < 4.78 is 0. The van der Waals surface area contributed by atoms with Gasteiger partial charge in [0.25, 0.3) is 0 Å². The predicted molar refractivity (Wildman–Crippen MR) is 112 cm³/mol. The molecule has 30 heavy (non-hydrogen) atoms. The summed E-state index contributed by atoms with van der Waals surface area (Å²) >= 11 is 0. The molecule has 4 atom stereocenters. The largest absolute Gasteiger partial charge is 0.480 e. The van der Waals surface area contributed by atoms with Crippen molar-refractivity contribution in [2.24, 2.45) is 11.7 Å². The van der Waals surface area contributed by atoms with Gasteiger partial charge in [-0.3, -0.25) is 19.2 Å². The Hall–Kier alpha value is -2.94. The maximum absolute atomic E-state index is 12.6. The van der Waals surface area contributed by atoms with Crippen LogP contribution >= 0.6 is 0 Å². The fourth-order valence-corrected chi connectivity index (χ4v) is 2.73.